The van der Waals surface area contributed by atoms with Gasteiger partial charge in [-0.3, -0.25) is 9.36 Å². The number of pyridine rings is 2. The third-order valence-corrected chi connectivity index (χ3v) is 6.52. The second kappa shape index (κ2) is 9.81. The number of nitrogens with zero attached hydrogens (tertiary/aromatic N) is 6. The second-order valence-corrected chi connectivity index (χ2v) is 8.97. The first-order valence-corrected chi connectivity index (χ1v) is 12.4. The van der Waals surface area contributed by atoms with Gasteiger partial charge in [0.2, 0.25) is 5.95 Å². The molecule has 4 aromatic heterocycles. The van der Waals surface area contributed by atoms with Crippen LogP contribution >= 0.6 is 0 Å². The van der Waals surface area contributed by atoms with E-state index < -0.39 is 0 Å². The van der Waals surface area contributed by atoms with Crippen molar-refractivity contribution in [2.24, 2.45) is 0 Å². The summed E-state index contributed by atoms with van der Waals surface area (Å²) in [5.74, 6) is 2.58. The van der Waals surface area contributed by atoms with E-state index >= 15 is 0 Å². The van der Waals surface area contributed by atoms with Crippen LogP contribution < -0.4 is 21.3 Å². The van der Waals surface area contributed by atoms with Gasteiger partial charge in [-0.05, 0) is 74.2 Å². The molecule has 0 amide bonds. The van der Waals surface area contributed by atoms with E-state index in [-0.39, 0.29) is 11.1 Å². The average molecular weight is 507 g/mol. The van der Waals surface area contributed by atoms with E-state index in [9.17, 15) is 4.79 Å². The summed E-state index contributed by atoms with van der Waals surface area (Å²) < 4.78 is 8.79. The van der Waals surface area contributed by atoms with Crippen molar-refractivity contribution < 1.29 is 4.74 Å². The fourth-order valence-electron chi connectivity index (χ4n) is 4.64. The number of nitrogen functional groups attached to an aromatic ring is 1. The molecule has 1 aliphatic rings. The molecule has 3 N–H and O–H groups in total. The number of hydrogen-bond acceptors (Lipinski definition) is 8. The van der Waals surface area contributed by atoms with Gasteiger partial charge in [-0.2, -0.15) is 4.98 Å². The van der Waals surface area contributed by atoms with Crippen molar-refractivity contribution in [3.05, 3.63) is 83.4 Å². The molecule has 0 bridgehead atoms. The van der Waals surface area contributed by atoms with Crippen molar-refractivity contribution in [2.45, 2.75) is 25.7 Å². The van der Waals surface area contributed by atoms with E-state index in [0.717, 1.165) is 36.9 Å². The summed E-state index contributed by atoms with van der Waals surface area (Å²) in [6, 6.07) is 16.3. The van der Waals surface area contributed by atoms with Gasteiger partial charge in [-0.25, -0.2) is 19.5 Å². The van der Waals surface area contributed by atoms with Crippen LogP contribution in [-0.2, 0) is 0 Å². The first kappa shape index (κ1) is 23.4. The topological polar surface area (TPSA) is 126 Å². The minimum Gasteiger partial charge on any atom is -0.497 e. The molecule has 1 aliphatic carbocycles. The molecule has 0 spiro atoms. The molecule has 0 fully saturated rings. The van der Waals surface area contributed by atoms with Crippen molar-refractivity contribution in [3.63, 3.8) is 0 Å². The van der Waals surface area contributed by atoms with Crippen LogP contribution in [0.4, 0.5) is 17.6 Å². The summed E-state index contributed by atoms with van der Waals surface area (Å²) in [6.45, 7) is 0. The van der Waals surface area contributed by atoms with E-state index in [1.54, 1.807) is 37.7 Å². The largest absolute Gasteiger partial charge is 0.497 e. The highest BCUT2D eigenvalue weighted by Gasteiger charge is 2.24. The molecule has 5 aromatic rings. The Morgan fingerprint density at radius 2 is 1.84 bits per heavy atom. The molecule has 1 aromatic carbocycles. The Bertz CT molecular complexity index is 1690. The SMILES string of the molecule is COc1ccc(-n2c(Nc3ccccn3)nc3c(nc(-c4ccc(N)nc4)n3C3=CCCCC3)c2=O)cc1. The predicted octanol–water partition coefficient (Wildman–Crippen LogP) is 4.79. The molecule has 190 valence electrons. The van der Waals surface area contributed by atoms with Crippen LogP contribution in [0.3, 0.4) is 0 Å². The third-order valence-electron chi connectivity index (χ3n) is 6.52. The van der Waals surface area contributed by atoms with Crippen LogP contribution in [0.25, 0.3) is 33.9 Å². The number of rotatable bonds is 6. The molecule has 0 radical (unpaired) electrons. The number of allylic oxidation sites excluding steroid dienone is 2. The van der Waals surface area contributed by atoms with Gasteiger partial charge in [0.25, 0.3) is 5.56 Å². The first-order valence-electron chi connectivity index (χ1n) is 12.4. The summed E-state index contributed by atoms with van der Waals surface area (Å²) in [5, 5.41) is 3.24. The lowest BCUT2D eigenvalue weighted by molar-refractivity contribution is 0.414. The highest BCUT2D eigenvalue weighted by Crippen LogP contribution is 2.32. The van der Waals surface area contributed by atoms with Crippen molar-refractivity contribution in [1.29, 1.82) is 0 Å². The third kappa shape index (κ3) is 4.26. The van der Waals surface area contributed by atoms with Gasteiger partial charge in [0.15, 0.2) is 11.2 Å². The fraction of sp³-hybridized carbons (Fsp3) is 0.179. The molecule has 10 heteroatoms. The minimum atomic E-state index is -0.307. The normalized spacial score (nSPS) is 13.3. The smallest absolute Gasteiger partial charge is 0.287 e. The number of hydrogen-bond donors (Lipinski definition) is 2. The molecule has 0 atom stereocenters. The number of aromatic nitrogens is 6. The summed E-state index contributed by atoms with van der Waals surface area (Å²) in [4.78, 5) is 32.6. The van der Waals surface area contributed by atoms with E-state index in [1.165, 1.54) is 4.57 Å². The van der Waals surface area contributed by atoms with Crippen LogP contribution in [0.2, 0.25) is 0 Å². The van der Waals surface area contributed by atoms with Gasteiger partial charge in [0.05, 0.1) is 12.8 Å². The van der Waals surface area contributed by atoms with Crippen molar-refractivity contribution in [2.75, 3.05) is 18.2 Å². The van der Waals surface area contributed by atoms with Gasteiger partial charge in [0, 0.05) is 23.7 Å². The standard InChI is InChI=1S/C28H26N8O2/c1-38-21-13-11-20(12-14-21)36-27(37)24-26(34-28(36)32-23-9-5-6-16-30-23)35(19-7-3-2-4-8-19)25(33-24)18-10-15-22(29)31-17-18/h5-7,9-17H,2-4,8H2,1H3,(H2,29,31)(H,30,32,34). The number of nitrogens with one attached hydrogen (secondary N) is 1. The summed E-state index contributed by atoms with van der Waals surface area (Å²) >= 11 is 0. The zero-order valence-corrected chi connectivity index (χ0v) is 20.8. The minimum absolute atomic E-state index is 0.255. The number of fused-ring (bicyclic) bond motifs is 1. The van der Waals surface area contributed by atoms with E-state index in [1.807, 2.05) is 41.0 Å². The summed E-state index contributed by atoms with van der Waals surface area (Å²) in [7, 11) is 1.60. The summed E-state index contributed by atoms with van der Waals surface area (Å²) in [5.41, 5.74) is 8.69. The lowest BCUT2D eigenvalue weighted by Gasteiger charge is -2.18. The van der Waals surface area contributed by atoms with E-state index in [0.29, 0.717) is 40.5 Å². The Kier molecular flexibility index (Phi) is 6.04. The lowest BCUT2D eigenvalue weighted by atomic mass is 10.0. The molecule has 0 saturated carbocycles. The van der Waals surface area contributed by atoms with Gasteiger partial charge in [-0.1, -0.05) is 12.1 Å². The Morgan fingerprint density at radius 3 is 2.53 bits per heavy atom. The van der Waals surface area contributed by atoms with Gasteiger partial charge in [0.1, 0.15) is 23.2 Å². The lowest BCUT2D eigenvalue weighted by Crippen LogP contribution is -2.23. The molecular formula is C28H26N8O2. The number of anilines is 3. The Balaban J connectivity index is 1.64. The number of imidazole rings is 1. The zero-order valence-electron chi connectivity index (χ0n) is 20.8. The molecular weight excluding hydrogens is 480 g/mol. The van der Waals surface area contributed by atoms with E-state index in [2.05, 4.69) is 21.4 Å². The zero-order chi connectivity index (χ0) is 26.1. The molecule has 4 heterocycles. The molecule has 0 saturated heterocycles. The van der Waals surface area contributed by atoms with Crippen LogP contribution in [0, 0.1) is 0 Å². The Hall–Kier alpha value is -4.99. The van der Waals surface area contributed by atoms with Gasteiger partial charge < -0.3 is 15.8 Å². The van der Waals surface area contributed by atoms with Gasteiger partial charge in [-0.15, -0.1) is 0 Å². The molecule has 6 rings (SSSR count). The summed E-state index contributed by atoms with van der Waals surface area (Å²) in [6.07, 6.45) is 9.53. The van der Waals surface area contributed by atoms with Crippen LogP contribution in [-0.4, -0.2) is 36.2 Å². The van der Waals surface area contributed by atoms with E-state index in [4.69, 9.17) is 20.4 Å². The number of benzene rings is 1. The first-order chi connectivity index (χ1) is 18.6. The molecule has 0 unspecified atom stereocenters. The second-order valence-electron chi connectivity index (χ2n) is 8.97. The van der Waals surface area contributed by atoms with Crippen LogP contribution in [0.1, 0.15) is 25.7 Å². The van der Waals surface area contributed by atoms with Gasteiger partial charge >= 0.3 is 0 Å². The van der Waals surface area contributed by atoms with Crippen LogP contribution in [0.5, 0.6) is 5.75 Å². The number of ether oxygens (including phenoxy) is 1. The number of methoxy groups -OCH3 is 1. The fourth-order valence-corrected chi connectivity index (χ4v) is 4.64. The highest BCUT2D eigenvalue weighted by molar-refractivity contribution is 5.83. The number of nitrogens with two attached hydrogens (primary N) is 1. The van der Waals surface area contributed by atoms with Crippen molar-refractivity contribution in [1.82, 2.24) is 29.1 Å². The monoisotopic (exact) mass is 506 g/mol. The molecule has 0 aliphatic heterocycles. The maximum atomic E-state index is 14.1. The van der Waals surface area contributed by atoms with Crippen molar-refractivity contribution >= 4 is 34.4 Å². The van der Waals surface area contributed by atoms with Crippen molar-refractivity contribution in [3.8, 4) is 22.8 Å². The Morgan fingerprint density at radius 1 is 0.974 bits per heavy atom. The molecule has 38 heavy (non-hydrogen) atoms. The molecule has 10 nitrogen and oxygen atoms in total. The Labute approximate surface area is 218 Å². The maximum Gasteiger partial charge on any atom is 0.287 e. The average Bonchev–Trinajstić information content (AvgIpc) is 3.34. The quantitative estimate of drug-likeness (QED) is 0.337. The van der Waals surface area contributed by atoms with Crippen LogP contribution in [0.15, 0.2) is 77.9 Å². The predicted molar refractivity (Wildman–Crippen MR) is 148 cm³/mol. The maximum absolute atomic E-state index is 14.1. The highest BCUT2D eigenvalue weighted by atomic mass is 16.5.